The van der Waals surface area contributed by atoms with Gasteiger partial charge in [0, 0.05) is 10.6 Å². The minimum Gasteiger partial charge on any atom is -0.497 e. The summed E-state index contributed by atoms with van der Waals surface area (Å²) in [7, 11) is 1.58. The number of benzene rings is 1. The highest BCUT2D eigenvalue weighted by Crippen LogP contribution is 2.22. The van der Waals surface area contributed by atoms with Crippen molar-refractivity contribution >= 4 is 23.8 Å². The van der Waals surface area contributed by atoms with E-state index in [1.807, 2.05) is 12.1 Å². The van der Waals surface area contributed by atoms with Gasteiger partial charge in [0.05, 0.1) is 7.11 Å². The fourth-order valence-corrected chi connectivity index (χ4v) is 2.39. The summed E-state index contributed by atoms with van der Waals surface area (Å²) in [5, 5.41) is 11.5. The number of carbonyl (C=O) groups is 2. The average molecular weight is 327 g/mol. The van der Waals surface area contributed by atoms with Gasteiger partial charge in [-0.05, 0) is 45.0 Å². The summed E-state index contributed by atoms with van der Waals surface area (Å²) in [6.07, 6.45) is -0.741. The summed E-state index contributed by atoms with van der Waals surface area (Å²) in [6.45, 7) is 5.15. The molecule has 0 aliphatic heterocycles. The van der Waals surface area contributed by atoms with Crippen LogP contribution in [0.5, 0.6) is 5.75 Å². The van der Waals surface area contributed by atoms with Crippen LogP contribution in [0.2, 0.25) is 0 Å². The zero-order chi connectivity index (χ0) is 16.8. The summed E-state index contributed by atoms with van der Waals surface area (Å²) >= 11 is 1.33. The van der Waals surface area contributed by atoms with Crippen molar-refractivity contribution in [3.05, 3.63) is 24.3 Å². The van der Waals surface area contributed by atoms with E-state index in [-0.39, 0.29) is 5.75 Å². The predicted molar refractivity (Wildman–Crippen MR) is 84.5 cm³/mol. The lowest BCUT2D eigenvalue weighted by molar-refractivity contribution is -0.138. The molecule has 1 aromatic carbocycles. The van der Waals surface area contributed by atoms with Crippen LogP contribution in [0.4, 0.5) is 4.79 Å². The Kier molecular flexibility index (Phi) is 6.55. The second-order valence-electron chi connectivity index (χ2n) is 5.52. The number of carboxylic acids is 1. The molecule has 7 heteroatoms. The number of hydrogen-bond donors (Lipinski definition) is 2. The van der Waals surface area contributed by atoms with Crippen LogP contribution in [0.3, 0.4) is 0 Å². The van der Waals surface area contributed by atoms with E-state index in [1.165, 1.54) is 11.8 Å². The zero-order valence-electron chi connectivity index (χ0n) is 13.1. The van der Waals surface area contributed by atoms with Gasteiger partial charge in [0.15, 0.2) is 0 Å². The number of aliphatic carboxylic acids is 1. The van der Waals surface area contributed by atoms with Crippen molar-refractivity contribution < 1.29 is 24.2 Å². The first-order valence-corrected chi connectivity index (χ1v) is 7.69. The van der Waals surface area contributed by atoms with Crippen molar-refractivity contribution in [2.45, 2.75) is 37.3 Å². The van der Waals surface area contributed by atoms with Crippen LogP contribution in [-0.2, 0) is 9.53 Å². The average Bonchev–Trinajstić information content (AvgIpc) is 2.41. The smallest absolute Gasteiger partial charge is 0.408 e. The fourth-order valence-electron chi connectivity index (χ4n) is 1.48. The van der Waals surface area contributed by atoms with E-state index in [4.69, 9.17) is 9.47 Å². The topological polar surface area (TPSA) is 84.9 Å². The number of thioether (sulfide) groups is 1. The standard InChI is InChI=1S/C15H21NO5S/c1-15(2,3)21-14(19)16-12(13(17)18)9-22-11-7-5-10(20-4)6-8-11/h5-8,12H,9H2,1-4H3,(H,16,19)(H,17,18)/t12-/m1/s1. The third-order valence-corrected chi connectivity index (χ3v) is 3.57. The maximum absolute atomic E-state index is 11.6. The quantitative estimate of drug-likeness (QED) is 0.782. The van der Waals surface area contributed by atoms with E-state index in [0.29, 0.717) is 0 Å². The Balaban J connectivity index is 2.57. The van der Waals surface area contributed by atoms with Crippen LogP contribution in [0.15, 0.2) is 29.2 Å². The molecule has 1 amide bonds. The van der Waals surface area contributed by atoms with Crippen LogP contribution in [-0.4, -0.2) is 41.7 Å². The summed E-state index contributed by atoms with van der Waals surface area (Å²) in [6, 6.07) is 6.21. The summed E-state index contributed by atoms with van der Waals surface area (Å²) in [5.74, 6) is -0.182. The minimum absolute atomic E-state index is 0.195. The Morgan fingerprint density at radius 1 is 1.27 bits per heavy atom. The highest BCUT2D eigenvalue weighted by Gasteiger charge is 2.24. The Labute approximate surface area is 134 Å². The summed E-state index contributed by atoms with van der Waals surface area (Å²) < 4.78 is 10.1. The molecule has 2 N–H and O–H groups in total. The number of methoxy groups -OCH3 is 1. The van der Waals surface area contributed by atoms with Crippen LogP contribution < -0.4 is 10.1 Å². The summed E-state index contributed by atoms with van der Waals surface area (Å²) in [5.41, 5.74) is -0.670. The lowest BCUT2D eigenvalue weighted by Gasteiger charge is -2.21. The maximum Gasteiger partial charge on any atom is 0.408 e. The van der Waals surface area contributed by atoms with Gasteiger partial charge in [0.1, 0.15) is 17.4 Å². The van der Waals surface area contributed by atoms with Crippen molar-refractivity contribution in [2.75, 3.05) is 12.9 Å². The first kappa shape index (κ1) is 18.2. The Bertz CT molecular complexity index is 510. The van der Waals surface area contributed by atoms with E-state index in [9.17, 15) is 14.7 Å². The van der Waals surface area contributed by atoms with Crippen molar-refractivity contribution in [2.24, 2.45) is 0 Å². The molecule has 0 saturated heterocycles. The molecule has 0 unspecified atom stereocenters. The molecule has 0 fully saturated rings. The van der Waals surface area contributed by atoms with E-state index in [1.54, 1.807) is 40.0 Å². The number of carbonyl (C=O) groups excluding carboxylic acids is 1. The first-order chi connectivity index (χ1) is 10.2. The highest BCUT2D eigenvalue weighted by atomic mass is 32.2. The van der Waals surface area contributed by atoms with Gasteiger partial charge in [-0.3, -0.25) is 0 Å². The van der Waals surface area contributed by atoms with Gasteiger partial charge in [-0.2, -0.15) is 0 Å². The molecule has 122 valence electrons. The number of amides is 1. The van der Waals surface area contributed by atoms with Crippen LogP contribution in [0.25, 0.3) is 0 Å². The monoisotopic (exact) mass is 327 g/mol. The lowest BCUT2D eigenvalue weighted by Crippen LogP contribution is -2.44. The third-order valence-electron chi connectivity index (χ3n) is 2.47. The molecule has 1 atom stereocenters. The van der Waals surface area contributed by atoms with Crippen molar-refractivity contribution in [3.63, 3.8) is 0 Å². The fraction of sp³-hybridized carbons (Fsp3) is 0.467. The summed E-state index contributed by atoms with van der Waals surface area (Å²) in [4.78, 5) is 23.8. The normalized spacial score (nSPS) is 12.4. The maximum atomic E-state index is 11.6. The molecule has 0 heterocycles. The van der Waals surface area contributed by atoms with Gasteiger partial charge in [0.25, 0.3) is 0 Å². The van der Waals surface area contributed by atoms with Gasteiger partial charge >= 0.3 is 12.1 Å². The predicted octanol–water partition coefficient (Wildman–Crippen LogP) is 2.77. The Morgan fingerprint density at radius 2 is 1.86 bits per heavy atom. The Morgan fingerprint density at radius 3 is 2.32 bits per heavy atom. The molecule has 0 aromatic heterocycles. The highest BCUT2D eigenvalue weighted by molar-refractivity contribution is 7.99. The van der Waals surface area contributed by atoms with Gasteiger partial charge in [-0.1, -0.05) is 0 Å². The van der Waals surface area contributed by atoms with Crippen molar-refractivity contribution in [1.82, 2.24) is 5.32 Å². The van der Waals surface area contributed by atoms with E-state index in [2.05, 4.69) is 5.32 Å². The SMILES string of the molecule is COc1ccc(SC[C@@H](NC(=O)OC(C)(C)C)C(=O)O)cc1. The van der Waals surface area contributed by atoms with Crippen LogP contribution in [0.1, 0.15) is 20.8 Å². The number of nitrogens with one attached hydrogen (secondary N) is 1. The van der Waals surface area contributed by atoms with E-state index in [0.717, 1.165) is 10.6 Å². The molecule has 0 radical (unpaired) electrons. The van der Waals surface area contributed by atoms with E-state index < -0.39 is 23.7 Å². The number of rotatable bonds is 6. The van der Waals surface area contributed by atoms with Gasteiger partial charge in [-0.15, -0.1) is 11.8 Å². The molecule has 0 aliphatic carbocycles. The molecule has 0 aliphatic rings. The largest absolute Gasteiger partial charge is 0.497 e. The second kappa shape index (κ2) is 7.93. The molecular weight excluding hydrogens is 306 g/mol. The van der Waals surface area contributed by atoms with Crippen molar-refractivity contribution in [3.8, 4) is 5.75 Å². The molecule has 0 bridgehead atoms. The molecular formula is C15H21NO5S. The molecule has 1 rings (SSSR count). The zero-order valence-corrected chi connectivity index (χ0v) is 13.9. The molecule has 6 nitrogen and oxygen atoms in total. The van der Waals surface area contributed by atoms with Gasteiger partial charge < -0.3 is 19.9 Å². The first-order valence-electron chi connectivity index (χ1n) is 6.70. The molecule has 22 heavy (non-hydrogen) atoms. The van der Waals surface area contributed by atoms with E-state index >= 15 is 0 Å². The van der Waals surface area contributed by atoms with Gasteiger partial charge in [-0.25, -0.2) is 9.59 Å². The molecule has 0 spiro atoms. The number of ether oxygens (including phenoxy) is 2. The number of hydrogen-bond acceptors (Lipinski definition) is 5. The van der Waals surface area contributed by atoms with Crippen LogP contribution in [0, 0.1) is 0 Å². The number of carboxylic acid groups (broad SMARTS) is 1. The van der Waals surface area contributed by atoms with Gasteiger partial charge in [0.2, 0.25) is 0 Å². The second-order valence-corrected chi connectivity index (χ2v) is 6.62. The van der Waals surface area contributed by atoms with Crippen molar-refractivity contribution in [1.29, 1.82) is 0 Å². The Hall–Kier alpha value is -1.89. The number of alkyl carbamates (subject to hydrolysis) is 1. The lowest BCUT2D eigenvalue weighted by atomic mass is 10.2. The van der Waals surface area contributed by atoms with Crippen LogP contribution >= 0.6 is 11.8 Å². The minimum atomic E-state index is -1.10. The third kappa shape index (κ3) is 6.71. The molecule has 0 saturated carbocycles. The molecule has 1 aromatic rings.